The maximum atomic E-state index is 11.4. The lowest BCUT2D eigenvalue weighted by molar-refractivity contribution is -0.121. The predicted octanol–water partition coefficient (Wildman–Crippen LogP) is 0.981. The van der Waals surface area contributed by atoms with Crippen molar-refractivity contribution in [3.8, 4) is 6.07 Å². The summed E-state index contributed by atoms with van der Waals surface area (Å²) in [7, 11) is 0. The monoisotopic (exact) mass is 147 g/mol. The minimum Gasteiger partial charge on any atom is -0.299 e. The van der Waals surface area contributed by atoms with Gasteiger partial charge in [-0.2, -0.15) is 5.26 Å². The molecule has 56 valence electrons. The molecule has 0 aromatic rings. The Kier molecular flexibility index (Phi) is 0.787. The fourth-order valence-corrected chi connectivity index (χ4v) is 3.38. The van der Waals surface area contributed by atoms with Crippen LogP contribution in [0.4, 0.5) is 0 Å². The Morgan fingerprint density at radius 1 is 1.64 bits per heavy atom. The van der Waals surface area contributed by atoms with Gasteiger partial charge in [0.1, 0.15) is 5.78 Å². The van der Waals surface area contributed by atoms with Gasteiger partial charge in [-0.25, -0.2) is 0 Å². The van der Waals surface area contributed by atoms with Crippen molar-refractivity contribution in [1.82, 2.24) is 0 Å². The van der Waals surface area contributed by atoms with Crippen molar-refractivity contribution in [3.05, 3.63) is 0 Å². The predicted molar refractivity (Wildman–Crippen MR) is 37.3 cm³/mol. The Balaban J connectivity index is 1.93. The van der Waals surface area contributed by atoms with Gasteiger partial charge < -0.3 is 0 Å². The number of rotatable bonds is 1. The van der Waals surface area contributed by atoms with Crippen LogP contribution in [-0.2, 0) is 4.79 Å². The number of hydrogen-bond donors (Lipinski definition) is 0. The number of hydrogen-bond acceptors (Lipinski definition) is 2. The molecule has 0 aromatic heterocycles. The number of carbonyl (C=O) groups is 1. The third kappa shape index (κ3) is 0.454. The van der Waals surface area contributed by atoms with Crippen LogP contribution in [0.5, 0.6) is 0 Å². The molecule has 11 heavy (non-hydrogen) atoms. The lowest BCUT2D eigenvalue weighted by atomic mass is 9.95. The average molecular weight is 147 g/mol. The second-order valence-electron chi connectivity index (χ2n) is 4.04. The van der Waals surface area contributed by atoms with Crippen LogP contribution in [0.2, 0.25) is 0 Å². The Morgan fingerprint density at radius 2 is 2.45 bits per heavy atom. The van der Waals surface area contributed by atoms with Crippen molar-refractivity contribution in [2.24, 2.45) is 29.6 Å². The number of Topliss-reactive ketones (excluding diaryl/α,β-unsaturated/α-hetero) is 1. The molecule has 4 aliphatic carbocycles. The molecule has 0 heterocycles. The van der Waals surface area contributed by atoms with E-state index in [1.807, 2.05) is 0 Å². The molecule has 0 unspecified atom stereocenters. The van der Waals surface area contributed by atoms with Gasteiger partial charge in [0.2, 0.25) is 0 Å². The molecule has 5 atom stereocenters. The van der Waals surface area contributed by atoms with Crippen molar-refractivity contribution in [3.63, 3.8) is 0 Å². The minimum atomic E-state index is 0.301. The van der Waals surface area contributed by atoms with Crippen LogP contribution < -0.4 is 0 Å². The first-order chi connectivity index (χ1) is 5.34. The van der Waals surface area contributed by atoms with Gasteiger partial charge in [-0.1, -0.05) is 0 Å². The Hall–Kier alpha value is -0.840. The van der Waals surface area contributed by atoms with E-state index in [9.17, 15) is 4.79 Å². The summed E-state index contributed by atoms with van der Waals surface area (Å²) in [6.07, 6.45) is 1.73. The van der Waals surface area contributed by atoms with Crippen molar-refractivity contribution in [1.29, 1.82) is 5.26 Å². The summed E-state index contributed by atoms with van der Waals surface area (Å²) < 4.78 is 0. The van der Waals surface area contributed by atoms with Crippen LogP contribution in [-0.4, -0.2) is 5.78 Å². The molecule has 0 aliphatic heterocycles. The molecule has 0 saturated heterocycles. The summed E-state index contributed by atoms with van der Waals surface area (Å²) in [6.45, 7) is 0. The fraction of sp³-hybridized carbons (Fsp3) is 0.778. The van der Waals surface area contributed by atoms with Gasteiger partial charge in [-0.05, 0) is 24.2 Å². The van der Waals surface area contributed by atoms with Crippen LogP contribution in [0.15, 0.2) is 0 Å². The molecule has 4 fully saturated rings. The van der Waals surface area contributed by atoms with Gasteiger partial charge in [-0.3, -0.25) is 4.79 Å². The van der Waals surface area contributed by atoms with Gasteiger partial charge in [0, 0.05) is 18.3 Å². The maximum absolute atomic E-state index is 11.4. The number of nitrogens with zero attached hydrogens (tertiary/aromatic N) is 1. The normalized spacial score (nSPS) is 56.3. The highest BCUT2D eigenvalue weighted by molar-refractivity contribution is 5.93. The molecule has 4 saturated carbocycles. The molecule has 0 aromatic carbocycles. The van der Waals surface area contributed by atoms with Crippen LogP contribution in [0.1, 0.15) is 12.8 Å². The molecule has 0 spiro atoms. The summed E-state index contributed by atoms with van der Waals surface area (Å²) in [4.78, 5) is 11.4. The van der Waals surface area contributed by atoms with Crippen LogP contribution in [0.25, 0.3) is 0 Å². The molecular weight excluding hydrogens is 138 g/mol. The highest BCUT2D eigenvalue weighted by Crippen LogP contribution is 2.71. The summed E-state index contributed by atoms with van der Waals surface area (Å²) in [5.41, 5.74) is 0. The summed E-state index contributed by atoms with van der Waals surface area (Å²) in [5, 5.41) is 8.52. The van der Waals surface area contributed by atoms with E-state index in [1.54, 1.807) is 0 Å². The Labute approximate surface area is 65.2 Å². The highest BCUT2D eigenvalue weighted by atomic mass is 16.1. The van der Waals surface area contributed by atoms with E-state index in [2.05, 4.69) is 6.07 Å². The summed E-state index contributed by atoms with van der Waals surface area (Å²) in [5.74, 6) is 3.02. The van der Waals surface area contributed by atoms with Crippen molar-refractivity contribution in [2.75, 3.05) is 0 Å². The minimum absolute atomic E-state index is 0.301. The summed E-state index contributed by atoms with van der Waals surface area (Å²) in [6, 6.07) is 2.19. The third-order valence-electron chi connectivity index (χ3n) is 3.79. The quantitative estimate of drug-likeness (QED) is 0.554. The van der Waals surface area contributed by atoms with Crippen molar-refractivity contribution >= 4 is 5.78 Å². The largest absolute Gasteiger partial charge is 0.299 e. The second-order valence-corrected chi connectivity index (χ2v) is 4.04. The lowest BCUT2D eigenvalue weighted by Crippen LogP contribution is -2.10. The van der Waals surface area contributed by atoms with E-state index in [0.29, 0.717) is 41.8 Å². The van der Waals surface area contributed by atoms with Gasteiger partial charge in [0.25, 0.3) is 0 Å². The average Bonchev–Trinajstić information content (AvgIpc) is 2.36. The maximum Gasteiger partial charge on any atom is 0.139 e. The zero-order valence-electron chi connectivity index (χ0n) is 6.16. The van der Waals surface area contributed by atoms with Crippen LogP contribution >= 0.6 is 0 Å². The van der Waals surface area contributed by atoms with Crippen LogP contribution in [0.3, 0.4) is 0 Å². The molecule has 2 heteroatoms. The highest BCUT2D eigenvalue weighted by Gasteiger charge is 2.73. The molecule has 4 rings (SSSR count). The molecule has 4 aliphatic rings. The number of nitriles is 1. The molecule has 2 nitrogen and oxygen atoms in total. The van der Waals surface area contributed by atoms with E-state index in [4.69, 9.17) is 5.26 Å². The van der Waals surface area contributed by atoms with Crippen molar-refractivity contribution < 1.29 is 4.79 Å². The Morgan fingerprint density at radius 3 is 2.82 bits per heavy atom. The zero-order chi connectivity index (χ0) is 7.59. The Bertz CT molecular complexity index is 278. The van der Waals surface area contributed by atoms with Crippen LogP contribution in [0, 0.1) is 40.9 Å². The van der Waals surface area contributed by atoms with Crippen molar-refractivity contribution in [2.45, 2.75) is 12.8 Å². The van der Waals surface area contributed by atoms with E-state index in [0.717, 1.165) is 6.42 Å². The topological polar surface area (TPSA) is 40.9 Å². The van der Waals surface area contributed by atoms with E-state index < -0.39 is 0 Å². The summed E-state index contributed by atoms with van der Waals surface area (Å²) >= 11 is 0. The first-order valence-electron chi connectivity index (χ1n) is 4.25. The molecule has 0 N–H and O–H groups in total. The first kappa shape index (κ1) is 5.77. The molecule has 4 bridgehead atoms. The smallest absolute Gasteiger partial charge is 0.139 e. The SMILES string of the molecule is N#CC[C@@H]1[C@@H]2[C@@H]3C[C@@H]1C(=O)[C@H]32. The fourth-order valence-electron chi connectivity index (χ4n) is 3.38. The van der Waals surface area contributed by atoms with Gasteiger partial charge in [-0.15, -0.1) is 0 Å². The van der Waals surface area contributed by atoms with Gasteiger partial charge in [0.15, 0.2) is 0 Å². The van der Waals surface area contributed by atoms with E-state index >= 15 is 0 Å². The molecule has 0 radical (unpaired) electrons. The molecule has 0 amide bonds. The number of carbonyl (C=O) groups excluding carboxylic acids is 1. The second kappa shape index (κ2) is 1.50. The third-order valence-corrected chi connectivity index (χ3v) is 3.79. The van der Waals surface area contributed by atoms with Gasteiger partial charge in [0.05, 0.1) is 6.07 Å². The van der Waals surface area contributed by atoms with E-state index in [1.165, 1.54) is 0 Å². The van der Waals surface area contributed by atoms with Gasteiger partial charge >= 0.3 is 0 Å². The lowest BCUT2D eigenvalue weighted by Gasteiger charge is -2.06. The van der Waals surface area contributed by atoms with E-state index in [-0.39, 0.29) is 0 Å². The first-order valence-corrected chi connectivity index (χ1v) is 4.25. The number of ketones is 1. The zero-order valence-corrected chi connectivity index (χ0v) is 6.16. The standard InChI is InChI=1S/C9H9NO/c10-2-1-4-5-3-6-7(4)8(6)9(5)11/h4-8H,1,3H2/t4-,5-,6-,7+,8+/m0/s1. The molecular formula is C9H9NO.